The molecule has 3 aromatic carbocycles. The summed E-state index contributed by atoms with van der Waals surface area (Å²) in [5.41, 5.74) is 2.62. The fourth-order valence-corrected chi connectivity index (χ4v) is 5.08. The molecule has 2 heterocycles. The summed E-state index contributed by atoms with van der Waals surface area (Å²) in [6.45, 7) is 6.02. The molecule has 0 amide bonds. The molecular weight excluding hydrogens is 400 g/mol. The second-order valence-corrected chi connectivity index (χ2v) is 8.62. The Kier molecular flexibility index (Phi) is 4.86. The standard InChI is InChI=1S/C27H26N2O3/c1-4-31-25(30)23-26(2,3)32-29-22-18-12-11-17-21(22)24(28-20-15-9-6-10-16-20)27(23,29)19-13-7-5-8-14-19/h5-18,23H,4H2,1-3H3/t23-,27-/m0/s1. The molecule has 0 spiro atoms. The van der Waals surface area contributed by atoms with Gasteiger partial charge in [0.05, 0.1) is 23.7 Å². The van der Waals surface area contributed by atoms with Crippen LogP contribution >= 0.6 is 0 Å². The number of esters is 1. The number of rotatable bonds is 4. The Balaban J connectivity index is 1.87. The van der Waals surface area contributed by atoms with E-state index in [1.165, 1.54) is 0 Å². The molecule has 0 saturated carbocycles. The molecule has 3 aromatic rings. The van der Waals surface area contributed by atoms with Gasteiger partial charge in [-0.05, 0) is 44.5 Å². The lowest BCUT2D eigenvalue weighted by molar-refractivity contribution is -0.154. The second-order valence-electron chi connectivity index (χ2n) is 8.62. The fourth-order valence-electron chi connectivity index (χ4n) is 5.08. The molecule has 5 heteroatoms. The maximum absolute atomic E-state index is 13.5. The Labute approximate surface area is 188 Å². The lowest BCUT2D eigenvalue weighted by atomic mass is 9.69. The van der Waals surface area contributed by atoms with Crippen LogP contribution in [0.2, 0.25) is 0 Å². The van der Waals surface area contributed by atoms with E-state index >= 15 is 0 Å². The van der Waals surface area contributed by atoms with Gasteiger partial charge >= 0.3 is 5.97 Å². The molecule has 2 atom stereocenters. The summed E-state index contributed by atoms with van der Waals surface area (Å²) in [6.07, 6.45) is 0. The number of carbonyl (C=O) groups is 1. The maximum Gasteiger partial charge on any atom is 0.315 e. The molecule has 5 rings (SSSR count). The first-order chi connectivity index (χ1) is 15.5. The van der Waals surface area contributed by atoms with Gasteiger partial charge in [0.25, 0.3) is 0 Å². The lowest BCUT2D eigenvalue weighted by Crippen LogP contribution is -2.52. The van der Waals surface area contributed by atoms with Crippen molar-refractivity contribution in [3.05, 3.63) is 96.1 Å². The van der Waals surface area contributed by atoms with Crippen LogP contribution in [0.15, 0.2) is 89.9 Å². The number of benzene rings is 3. The number of para-hydroxylation sites is 2. The number of nitrogens with zero attached hydrogens (tertiary/aromatic N) is 2. The minimum absolute atomic E-state index is 0.294. The molecule has 2 aliphatic rings. The first kappa shape index (κ1) is 20.5. The maximum atomic E-state index is 13.5. The molecule has 0 N–H and O–H groups in total. The van der Waals surface area contributed by atoms with Crippen molar-refractivity contribution < 1.29 is 14.4 Å². The predicted octanol–water partition coefficient (Wildman–Crippen LogP) is 5.43. The normalized spacial score (nSPS) is 24.3. The molecule has 0 bridgehead atoms. The van der Waals surface area contributed by atoms with E-state index in [1.807, 2.05) is 111 Å². The highest BCUT2D eigenvalue weighted by Gasteiger charge is 2.70. The number of hydroxylamine groups is 1. The van der Waals surface area contributed by atoms with Crippen LogP contribution < -0.4 is 5.06 Å². The average molecular weight is 427 g/mol. The monoisotopic (exact) mass is 426 g/mol. The number of hydrogen-bond acceptors (Lipinski definition) is 5. The van der Waals surface area contributed by atoms with Gasteiger partial charge in [-0.1, -0.05) is 66.7 Å². The molecule has 0 aromatic heterocycles. The third-order valence-electron chi connectivity index (χ3n) is 6.23. The van der Waals surface area contributed by atoms with Gasteiger partial charge in [0, 0.05) is 5.56 Å². The van der Waals surface area contributed by atoms with Crippen LogP contribution in [0.5, 0.6) is 0 Å². The van der Waals surface area contributed by atoms with Crippen molar-refractivity contribution in [2.45, 2.75) is 31.9 Å². The van der Waals surface area contributed by atoms with Gasteiger partial charge in [0.2, 0.25) is 0 Å². The van der Waals surface area contributed by atoms with Crippen LogP contribution in [-0.4, -0.2) is 23.9 Å². The fraction of sp³-hybridized carbons (Fsp3) is 0.259. The van der Waals surface area contributed by atoms with Crippen LogP contribution in [0, 0.1) is 5.92 Å². The van der Waals surface area contributed by atoms with Crippen molar-refractivity contribution >= 4 is 23.1 Å². The summed E-state index contributed by atoms with van der Waals surface area (Å²) in [6, 6.07) is 27.9. The zero-order valence-electron chi connectivity index (χ0n) is 18.5. The average Bonchev–Trinajstić information content (AvgIpc) is 3.20. The molecule has 2 aliphatic heterocycles. The Morgan fingerprint density at radius 3 is 2.28 bits per heavy atom. The molecule has 0 radical (unpaired) electrons. The Morgan fingerprint density at radius 1 is 0.969 bits per heavy atom. The smallest absolute Gasteiger partial charge is 0.315 e. The Morgan fingerprint density at radius 2 is 1.59 bits per heavy atom. The number of fused-ring (bicyclic) bond motifs is 3. The van der Waals surface area contributed by atoms with Gasteiger partial charge in [-0.15, -0.1) is 0 Å². The van der Waals surface area contributed by atoms with E-state index in [0.29, 0.717) is 6.61 Å². The van der Waals surface area contributed by atoms with Crippen LogP contribution in [0.3, 0.4) is 0 Å². The van der Waals surface area contributed by atoms with Crippen molar-refractivity contribution in [3.63, 3.8) is 0 Å². The minimum Gasteiger partial charge on any atom is -0.466 e. The van der Waals surface area contributed by atoms with Gasteiger partial charge in [-0.25, -0.2) is 10.1 Å². The molecule has 0 unspecified atom stereocenters. The largest absolute Gasteiger partial charge is 0.466 e. The lowest BCUT2D eigenvalue weighted by Gasteiger charge is -2.36. The minimum atomic E-state index is -0.962. The van der Waals surface area contributed by atoms with Crippen molar-refractivity contribution in [2.75, 3.05) is 11.7 Å². The molecule has 32 heavy (non-hydrogen) atoms. The summed E-state index contributed by atoms with van der Waals surface area (Å²) in [5, 5.41) is 1.89. The van der Waals surface area contributed by atoms with Crippen LogP contribution in [0.25, 0.3) is 0 Å². The number of anilines is 1. The van der Waals surface area contributed by atoms with Crippen molar-refractivity contribution in [1.29, 1.82) is 0 Å². The Hall–Kier alpha value is -3.44. The molecule has 1 saturated heterocycles. The first-order valence-corrected chi connectivity index (χ1v) is 10.9. The molecule has 5 nitrogen and oxygen atoms in total. The van der Waals surface area contributed by atoms with Gasteiger partial charge in [-0.3, -0.25) is 9.63 Å². The van der Waals surface area contributed by atoms with Gasteiger partial charge < -0.3 is 4.74 Å². The molecule has 162 valence electrons. The summed E-state index contributed by atoms with van der Waals surface area (Å²) in [4.78, 5) is 25.2. The van der Waals surface area contributed by atoms with E-state index in [1.54, 1.807) is 0 Å². The highest BCUT2D eigenvalue weighted by Crippen LogP contribution is 2.59. The summed E-state index contributed by atoms with van der Waals surface area (Å²) < 4.78 is 5.61. The van der Waals surface area contributed by atoms with Gasteiger partial charge in [0.15, 0.2) is 5.54 Å². The number of carbonyl (C=O) groups excluding carboxylic acids is 1. The SMILES string of the molecule is CCOC(=O)[C@H]1C(C)(C)ON2c3ccccc3C(=Nc3ccccc3)[C@]12c1ccccc1. The van der Waals surface area contributed by atoms with Gasteiger partial charge in [0.1, 0.15) is 11.5 Å². The van der Waals surface area contributed by atoms with Crippen LogP contribution in [0.4, 0.5) is 11.4 Å². The zero-order chi connectivity index (χ0) is 22.3. The van der Waals surface area contributed by atoms with Crippen molar-refractivity contribution in [1.82, 2.24) is 0 Å². The third kappa shape index (κ3) is 2.88. The topological polar surface area (TPSA) is 51.1 Å². The first-order valence-electron chi connectivity index (χ1n) is 10.9. The molecule has 0 aliphatic carbocycles. The van der Waals surface area contributed by atoms with E-state index in [2.05, 4.69) is 0 Å². The van der Waals surface area contributed by atoms with E-state index in [9.17, 15) is 4.79 Å². The van der Waals surface area contributed by atoms with Crippen LogP contribution in [0.1, 0.15) is 31.9 Å². The number of aliphatic imine (C=N–C) groups is 1. The van der Waals surface area contributed by atoms with E-state index in [0.717, 1.165) is 28.2 Å². The summed E-state index contributed by atoms with van der Waals surface area (Å²) in [5.74, 6) is -0.926. The number of ether oxygens (including phenoxy) is 1. The van der Waals surface area contributed by atoms with Crippen molar-refractivity contribution in [3.8, 4) is 0 Å². The van der Waals surface area contributed by atoms with Crippen LogP contribution in [-0.2, 0) is 19.9 Å². The third-order valence-corrected chi connectivity index (χ3v) is 6.23. The summed E-state index contributed by atoms with van der Waals surface area (Å²) in [7, 11) is 0. The molecule has 1 fully saturated rings. The van der Waals surface area contributed by atoms with Gasteiger partial charge in [-0.2, -0.15) is 0 Å². The van der Waals surface area contributed by atoms with E-state index in [-0.39, 0.29) is 5.97 Å². The number of hydrogen-bond donors (Lipinski definition) is 0. The zero-order valence-corrected chi connectivity index (χ0v) is 18.5. The summed E-state index contributed by atoms with van der Waals surface area (Å²) >= 11 is 0. The predicted molar refractivity (Wildman–Crippen MR) is 125 cm³/mol. The van der Waals surface area contributed by atoms with E-state index < -0.39 is 17.1 Å². The second kappa shape index (κ2) is 7.61. The highest BCUT2D eigenvalue weighted by molar-refractivity contribution is 6.20. The van der Waals surface area contributed by atoms with E-state index in [4.69, 9.17) is 14.6 Å². The quantitative estimate of drug-likeness (QED) is 0.522. The highest BCUT2D eigenvalue weighted by atomic mass is 16.7. The Bertz CT molecular complexity index is 1170. The van der Waals surface area contributed by atoms with Crippen molar-refractivity contribution in [2.24, 2.45) is 10.9 Å². The molecular formula is C27H26N2O3.